The topological polar surface area (TPSA) is 64.3 Å². The molecule has 1 aliphatic heterocycles. The van der Waals surface area contributed by atoms with Crippen LogP contribution >= 0.6 is 0 Å². The van der Waals surface area contributed by atoms with E-state index in [1.807, 2.05) is 6.07 Å². The Morgan fingerprint density at radius 2 is 2.38 bits per heavy atom. The highest BCUT2D eigenvalue weighted by atomic mass is 16.5. The molecule has 0 radical (unpaired) electrons. The number of aryl methyl sites for hydroxylation is 1. The molecule has 112 valence electrons. The Bertz CT molecular complexity index is 671. The van der Waals surface area contributed by atoms with E-state index in [4.69, 9.17) is 4.74 Å². The highest BCUT2D eigenvalue weighted by Gasteiger charge is 2.28. The number of rotatable bonds is 4. The molecular formula is C16H20N2O3. The van der Waals surface area contributed by atoms with Gasteiger partial charge in [-0.15, -0.1) is 0 Å². The van der Waals surface area contributed by atoms with Gasteiger partial charge in [0.1, 0.15) is 5.82 Å². The van der Waals surface area contributed by atoms with Crippen LogP contribution in [0.3, 0.4) is 0 Å². The van der Waals surface area contributed by atoms with Crippen LogP contribution in [-0.2, 0) is 11.2 Å². The van der Waals surface area contributed by atoms with Gasteiger partial charge >= 0.3 is 5.97 Å². The average Bonchev–Trinajstić information content (AvgIpc) is 3.12. The normalized spacial score (nSPS) is 20.0. The lowest BCUT2D eigenvalue weighted by atomic mass is 9.99. The number of carboxylic acids is 1. The molecule has 1 aromatic heterocycles. The molecule has 2 atom stereocenters. The maximum Gasteiger partial charge on any atom is 0.337 e. The van der Waals surface area contributed by atoms with Gasteiger partial charge in [-0.05, 0) is 25.5 Å². The monoisotopic (exact) mass is 288 g/mol. The predicted molar refractivity (Wildman–Crippen MR) is 79.7 cm³/mol. The molecular weight excluding hydrogens is 268 g/mol. The second kappa shape index (κ2) is 5.48. The van der Waals surface area contributed by atoms with Crippen LogP contribution in [0, 0.1) is 5.92 Å². The van der Waals surface area contributed by atoms with Gasteiger partial charge in [-0.2, -0.15) is 0 Å². The van der Waals surface area contributed by atoms with Crippen LogP contribution in [0.2, 0.25) is 0 Å². The second-order valence-corrected chi connectivity index (χ2v) is 5.59. The Morgan fingerprint density at radius 3 is 3.00 bits per heavy atom. The SMILES string of the molecule is CCc1nc2cccc(C(=O)O)c2n1C(C)C1CCOC1. The van der Waals surface area contributed by atoms with Crippen LogP contribution < -0.4 is 0 Å². The lowest BCUT2D eigenvalue weighted by Gasteiger charge is -2.23. The van der Waals surface area contributed by atoms with Crippen molar-refractivity contribution in [3.8, 4) is 0 Å². The van der Waals surface area contributed by atoms with Crippen LogP contribution in [0.4, 0.5) is 0 Å². The highest BCUT2D eigenvalue weighted by Crippen LogP contribution is 2.32. The number of carboxylic acid groups (broad SMARTS) is 1. The lowest BCUT2D eigenvalue weighted by molar-refractivity contribution is 0.0698. The molecule has 5 heteroatoms. The van der Waals surface area contributed by atoms with Crippen molar-refractivity contribution in [2.24, 2.45) is 5.92 Å². The molecule has 1 aliphatic rings. The van der Waals surface area contributed by atoms with Gasteiger partial charge in [0, 0.05) is 25.0 Å². The number of imidazole rings is 1. The first-order valence-corrected chi connectivity index (χ1v) is 7.44. The fourth-order valence-corrected chi connectivity index (χ4v) is 3.20. The first kappa shape index (κ1) is 14.1. The van der Waals surface area contributed by atoms with Gasteiger partial charge in [-0.25, -0.2) is 9.78 Å². The Kier molecular flexibility index (Phi) is 3.68. The quantitative estimate of drug-likeness (QED) is 0.939. The third-order valence-corrected chi connectivity index (χ3v) is 4.38. The molecule has 5 nitrogen and oxygen atoms in total. The summed E-state index contributed by atoms with van der Waals surface area (Å²) in [5.41, 5.74) is 1.82. The number of para-hydroxylation sites is 1. The van der Waals surface area contributed by atoms with Gasteiger partial charge in [0.05, 0.1) is 23.2 Å². The second-order valence-electron chi connectivity index (χ2n) is 5.59. The number of hydrogen-bond donors (Lipinski definition) is 1. The van der Waals surface area contributed by atoms with Crippen LogP contribution in [0.15, 0.2) is 18.2 Å². The molecule has 2 aromatic rings. The fraction of sp³-hybridized carbons (Fsp3) is 0.500. The predicted octanol–water partition coefficient (Wildman–Crippen LogP) is 2.89. The minimum absolute atomic E-state index is 0.188. The van der Waals surface area contributed by atoms with Crippen molar-refractivity contribution in [1.29, 1.82) is 0 Å². The summed E-state index contributed by atoms with van der Waals surface area (Å²) < 4.78 is 7.60. The number of nitrogens with zero attached hydrogens (tertiary/aromatic N) is 2. The van der Waals surface area contributed by atoms with Gasteiger partial charge in [-0.1, -0.05) is 13.0 Å². The van der Waals surface area contributed by atoms with Crippen LogP contribution in [0.25, 0.3) is 11.0 Å². The summed E-state index contributed by atoms with van der Waals surface area (Å²) >= 11 is 0. The summed E-state index contributed by atoms with van der Waals surface area (Å²) in [6.45, 7) is 5.71. The minimum Gasteiger partial charge on any atom is -0.478 e. The summed E-state index contributed by atoms with van der Waals surface area (Å²) in [5.74, 6) is 0.451. The Hall–Kier alpha value is -1.88. The van der Waals surface area contributed by atoms with E-state index in [1.54, 1.807) is 12.1 Å². The number of hydrogen-bond acceptors (Lipinski definition) is 3. The van der Waals surface area contributed by atoms with Crippen molar-refractivity contribution in [3.63, 3.8) is 0 Å². The highest BCUT2D eigenvalue weighted by molar-refractivity contribution is 6.01. The molecule has 1 saturated heterocycles. The maximum atomic E-state index is 11.5. The zero-order valence-corrected chi connectivity index (χ0v) is 12.4. The van der Waals surface area contributed by atoms with Crippen LogP contribution in [-0.4, -0.2) is 33.8 Å². The zero-order valence-electron chi connectivity index (χ0n) is 12.4. The van der Waals surface area contributed by atoms with Gasteiger partial charge in [-0.3, -0.25) is 0 Å². The van der Waals surface area contributed by atoms with Gasteiger partial charge < -0.3 is 14.4 Å². The van der Waals surface area contributed by atoms with Crippen molar-refractivity contribution in [1.82, 2.24) is 9.55 Å². The van der Waals surface area contributed by atoms with Gasteiger partial charge in [0.15, 0.2) is 0 Å². The molecule has 0 amide bonds. The lowest BCUT2D eigenvalue weighted by Crippen LogP contribution is -2.19. The number of ether oxygens (including phenoxy) is 1. The molecule has 2 unspecified atom stereocenters. The van der Waals surface area contributed by atoms with Crippen molar-refractivity contribution in [3.05, 3.63) is 29.6 Å². The summed E-state index contributed by atoms with van der Waals surface area (Å²) in [4.78, 5) is 16.2. The molecule has 1 aromatic carbocycles. The average molecular weight is 288 g/mol. The smallest absolute Gasteiger partial charge is 0.337 e. The van der Waals surface area contributed by atoms with E-state index in [1.165, 1.54) is 0 Å². The van der Waals surface area contributed by atoms with E-state index >= 15 is 0 Å². The molecule has 21 heavy (non-hydrogen) atoms. The maximum absolute atomic E-state index is 11.5. The molecule has 0 spiro atoms. The summed E-state index contributed by atoms with van der Waals surface area (Å²) in [6, 6.07) is 5.48. The van der Waals surface area contributed by atoms with Crippen LogP contribution in [0.5, 0.6) is 0 Å². The van der Waals surface area contributed by atoms with E-state index < -0.39 is 5.97 Å². The Labute approximate surface area is 123 Å². The van der Waals surface area contributed by atoms with Crippen molar-refractivity contribution in [2.45, 2.75) is 32.7 Å². The molecule has 3 rings (SSSR count). The van der Waals surface area contributed by atoms with Crippen molar-refractivity contribution >= 4 is 17.0 Å². The summed E-state index contributed by atoms with van der Waals surface area (Å²) in [7, 11) is 0. The van der Waals surface area contributed by atoms with E-state index in [0.717, 1.165) is 42.9 Å². The number of aromatic carboxylic acids is 1. The van der Waals surface area contributed by atoms with Gasteiger partial charge in [0.2, 0.25) is 0 Å². The molecule has 2 heterocycles. The summed E-state index contributed by atoms with van der Waals surface area (Å²) in [5, 5.41) is 9.47. The summed E-state index contributed by atoms with van der Waals surface area (Å²) in [6.07, 6.45) is 1.80. The third kappa shape index (κ3) is 2.31. The minimum atomic E-state index is -0.903. The van der Waals surface area contributed by atoms with E-state index in [0.29, 0.717) is 11.5 Å². The Morgan fingerprint density at radius 1 is 1.57 bits per heavy atom. The van der Waals surface area contributed by atoms with E-state index in [-0.39, 0.29) is 6.04 Å². The first-order chi connectivity index (χ1) is 10.1. The molecule has 0 bridgehead atoms. The van der Waals surface area contributed by atoms with E-state index in [2.05, 4.69) is 23.4 Å². The van der Waals surface area contributed by atoms with E-state index in [9.17, 15) is 9.90 Å². The standard InChI is InChI=1S/C16H20N2O3/c1-3-14-17-13-6-4-5-12(16(19)20)15(13)18(14)10(2)11-7-8-21-9-11/h4-6,10-11H,3,7-9H2,1-2H3,(H,19,20). The van der Waals surface area contributed by atoms with Gasteiger partial charge in [0.25, 0.3) is 0 Å². The number of aromatic nitrogens is 2. The molecule has 0 saturated carbocycles. The zero-order chi connectivity index (χ0) is 15.0. The number of benzene rings is 1. The molecule has 0 aliphatic carbocycles. The number of fused-ring (bicyclic) bond motifs is 1. The largest absolute Gasteiger partial charge is 0.478 e. The third-order valence-electron chi connectivity index (χ3n) is 4.38. The van der Waals surface area contributed by atoms with Crippen LogP contribution in [0.1, 0.15) is 42.5 Å². The molecule has 1 N–H and O–H groups in total. The van der Waals surface area contributed by atoms with Crippen molar-refractivity contribution in [2.75, 3.05) is 13.2 Å². The number of carbonyl (C=O) groups is 1. The fourth-order valence-electron chi connectivity index (χ4n) is 3.20. The first-order valence-electron chi connectivity index (χ1n) is 7.44. The Balaban J connectivity index is 2.20. The molecule has 1 fully saturated rings. The van der Waals surface area contributed by atoms with Crippen molar-refractivity contribution < 1.29 is 14.6 Å².